The fraction of sp³-hybridized carbons (Fsp3) is 0.316. The Kier molecular flexibility index (Phi) is 5.24. The number of carbonyl (C=O) groups excluding carboxylic acids is 1. The molecule has 0 saturated carbocycles. The minimum atomic E-state index is -4.41. The largest absolute Gasteiger partial charge is 0.338 e. The summed E-state index contributed by atoms with van der Waals surface area (Å²) in [6, 6.07) is 4.68. The summed E-state index contributed by atoms with van der Waals surface area (Å²) in [6.07, 6.45) is 2.17. The number of carbonyl (C=O) groups is 1. The van der Waals surface area contributed by atoms with Gasteiger partial charge >= 0.3 is 0 Å². The van der Waals surface area contributed by atoms with Crippen molar-refractivity contribution in [3.8, 4) is 0 Å². The minimum absolute atomic E-state index is 0.138. The summed E-state index contributed by atoms with van der Waals surface area (Å²) in [5.74, 6) is -2.64. The molecule has 8 nitrogen and oxygen atoms in total. The van der Waals surface area contributed by atoms with Crippen molar-refractivity contribution >= 4 is 21.6 Å². The van der Waals surface area contributed by atoms with Crippen molar-refractivity contribution in [1.82, 2.24) is 24.2 Å². The summed E-state index contributed by atoms with van der Waals surface area (Å²) in [5.41, 5.74) is 3.47. The first-order chi connectivity index (χ1) is 14.3. The predicted octanol–water partition coefficient (Wildman–Crippen LogP) is 1.57. The van der Waals surface area contributed by atoms with Gasteiger partial charge in [-0.15, -0.1) is 0 Å². The van der Waals surface area contributed by atoms with Gasteiger partial charge in [0.05, 0.1) is 11.4 Å². The van der Waals surface area contributed by atoms with E-state index < -0.39 is 26.6 Å². The maximum atomic E-state index is 13.7. The van der Waals surface area contributed by atoms with Crippen LogP contribution in [0.2, 0.25) is 0 Å². The van der Waals surface area contributed by atoms with E-state index in [1.54, 1.807) is 15.6 Å². The Labute approximate surface area is 171 Å². The SMILES string of the molecule is Cc1cc2ncc3c(n2n1)CCN(C(=O)CCNS(=O)(=O)c1c(F)cccc1F)C3. The van der Waals surface area contributed by atoms with Crippen molar-refractivity contribution in [1.29, 1.82) is 0 Å². The average Bonchev–Trinajstić information content (AvgIpc) is 3.07. The van der Waals surface area contributed by atoms with Gasteiger partial charge in [0.1, 0.15) is 11.6 Å². The second-order valence-corrected chi connectivity index (χ2v) is 8.75. The van der Waals surface area contributed by atoms with E-state index in [9.17, 15) is 22.0 Å². The van der Waals surface area contributed by atoms with Gasteiger partial charge in [-0.3, -0.25) is 4.79 Å². The van der Waals surface area contributed by atoms with Crippen molar-refractivity contribution in [2.24, 2.45) is 0 Å². The predicted molar refractivity (Wildman–Crippen MR) is 103 cm³/mol. The van der Waals surface area contributed by atoms with Gasteiger partial charge in [-0.05, 0) is 19.1 Å². The zero-order valence-electron chi connectivity index (χ0n) is 16.1. The van der Waals surface area contributed by atoms with Gasteiger partial charge in [-0.25, -0.2) is 31.4 Å². The van der Waals surface area contributed by atoms with Crippen LogP contribution in [-0.2, 0) is 27.8 Å². The molecule has 0 aliphatic carbocycles. The fourth-order valence-electron chi connectivity index (χ4n) is 3.53. The number of hydrogen-bond acceptors (Lipinski definition) is 5. The Morgan fingerprint density at radius 2 is 2.00 bits per heavy atom. The third-order valence-corrected chi connectivity index (χ3v) is 6.45. The van der Waals surface area contributed by atoms with E-state index in [1.165, 1.54) is 0 Å². The first kappa shape index (κ1) is 20.4. The number of halogens is 2. The summed E-state index contributed by atoms with van der Waals surface area (Å²) < 4.78 is 55.7. The molecule has 3 aromatic rings. The minimum Gasteiger partial charge on any atom is -0.338 e. The van der Waals surface area contributed by atoms with Crippen LogP contribution in [0, 0.1) is 18.6 Å². The Morgan fingerprint density at radius 1 is 1.27 bits per heavy atom. The maximum absolute atomic E-state index is 13.7. The van der Waals surface area contributed by atoms with E-state index in [0.29, 0.717) is 19.5 Å². The molecule has 1 aromatic carbocycles. The Balaban J connectivity index is 1.40. The van der Waals surface area contributed by atoms with Gasteiger partial charge in [0.2, 0.25) is 15.9 Å². The number of aromatic nitrogens is 3. The third-order valence-electron chi connectivity index (χ3n) is 4.94. The molecule has 11 heteroatoms. The molecule has 1 aliphatic heterocycles. The highest BCUT2D eigenvalue weighted by molar-refractivity contribution is 7.89. The van der Waals surface area contributed by atoms with Crippen LogP contribution < -0.4 is 4.72 Å². The standard InChI is InChI=1S/C19H19F2N5O3S/c1-12-9-17-22-10-13-11-25(8-6-16(13)26(17)24-12)18(27)5-7-23-30(28,29)19-14(20)3-2-4-15(19)21/h2-4,9-10,23H,5-8,11H2,1H3. The molecule has 0 spiro atoms. The molecule has 1 aliphatic rings. The molecule has 0 unspecified atom stereocenters. The lowest BCUT2D eigenvalue weighted by Crippen LogP contribution is -2.39. The third kappa shape index (κ3) is 3.77. The van der Waals surface area contributed by atoms with E-state index in [0.717, 1.165) is 40.8 Å². The molecular formula is C19H19F2N5O3S. The second kappa shape index (κ2) is 7.73. The van der Waals surface area contributed by atoms with Crippen molar-refractivity contribution < 1.29 is 22.0 Å². The molecular weight excluding hydrogens is 416 g/mol. The first-order valence-electron chi connectivity index (χ1n) is 9.31. The molecule has 3 heterocycles. The van der Waals surface area contributed by atoms with Crippen molar-refractivity contribution in [3.63, 3.8) is 0 Å². The molecule has 2 aromatic heterocycles. The quantitative estimate of drug-likeness (QED) is 0.656. The van der Waals surface area contributed by atoms with Gasteiger partial charge in [0.25, 0.3) is 0 Å². The maximum Gasteiger partial charge on any atom is 0.246 e. The highest BCUT2D eigenvalue weighted by atomic mass is 32.2. The van der Waals surface area contributed by atoms with E-state index in [-0.39, 0.29) is 18.9 Å². The molecule has 4 rings (SSSR count). The summed E-state index contributed by atoms with van der Waals surface area (Å²) in [7, 11) is -4.41. The number of hydrogen-bond donors (Lipinski definition) is 1. The molecule has 1 amide bonds. The number of nitrogens with one attached hydrogen (secondary N) is 1. The van der Waals surface area contributed by atoms with Crippen molar-refractivity contribution in [3.05, 3.63) is 59.0 Å². The van der Waals surface area contributed by atoms with Crippen LogP contribution in [0.1, 0.15) is 23.4 Å². The van der Waals surface area contributed by atoms with Gasteiger partial charge in [-0.1, -0.05) is 6.07 Å². The van der Waals surface area contributed by atoms with Gasteiger partial charge in [-0.2, -0.15) is 5.10 Å². The van der Waals surface area contributed by atoms with E-state index in [2.05, 4.69) is 14.8 Å². The zero-order valence-corrected chi connectivity index (χ0v) is 16.9. The lowest BCUT2D eigenvalue weighted by molar-refractivity contribution is -0.132. The van der Waals surface area contributed by atoms with Crippen LogP contribution in [-0.4, -0.2) is 46.9 Å². The Morgan fingerprint density at radius 3 is 2.73 bits per heavy atom. The Hall–Kier alpha value is -2.92. The average molecular weight is 435 g/mol. The summed E-state index contributed by atoms with van der Waals surface area (Å²) in [6.45, 7) is 2.41. The molecule has 1 N–H and O–H groups in total. The fourth-order valence-corrected chi connectivity index (χ4v) is 4.69. The second-order valence-electron chi connectivity index (χ2n) is 7.05. The lowest BCUT2D eigenvalue weighted by atomic mass is 10.1. The van der Waals surface area contributed by atoms with Gasteiger partial charge in [0.15, 0.2) is 10.5 Å². The number of rotatable bonds is 5. The number of sulfonamides is 1. The molecule has 0 bridgehead atoms. The van der Waals surface area contributed by atoms with Gasteiger partial charge in [0, 0.05) is 50.3 Å². The molecule has 158 valence electrons. The topological polar surface area (TPSA) is 96.7 Å². The number of amides is 1. The van der Waals surface area contributed by atoms with Crippen LogP contribution in [0.25, 0.3) is 5.65 Å². The summed E-state index contributed by atoms with van der Waals surface area (Å²) >= 11 is 0. The first-order valence-corrected chi connectivity index (χ1v) is 10.8. The summed E-state index contributed by atoms with van der Waals surface area (Å²) in [5, 5.41) is 4.43. The van der Waals surface area contributed by atoms with Crippen LogP contribution in [0.4, 0.5) is 8.78 Å². The molecule has 0 saturated heterocycles. The van der Waals surface area contributed by atoms with Crippen LogP contribution in [0.15, 0.2) is 35.4 Å². The van der Waals surface area contributed by atoms with Crippen LogP contribution in [0.5, 0.6) is 0 Å². The molecule has 0 atom stereocenters. The van der Waals surface area contributed by atoms with E-state index in [1.807, 2.05) is 13.0 Å². The smallest absolute Gasteiger partial charge is 0.246 e. The van der Waals surface area contributed by atoms with E-state index >= 15 is 0 Å². The summed E-state index contributed by atoms with van der Waals surface area (Å²) in [4.78, 5) is 17.4. The van der Waals surface area contributed by atoms with Crippen LogP contribution >= 0.6 is 0 Å². The van der Waals surface area contributed by atoms with E-state index in [4.69, 9.17) is 0 Å². The molecule has 0 radical (unpaired) electrons. The monoisotopic (exact) mass is 435 g/mol. The van der Waals surface area contributed by atoms with Crippen molar-refractivity contribution in [2.75, 3.05) is 13.1 Å². The molecule has 0 fully saturated rings. The van der Waals surface area contributed by atoms with Gasteiger partial charge < -0.3 is 4.90 Å². The van der Waals surface area contributed by atoms with Crippen LogP contribution in [0.3, 0.4) is 0 Å². The molecule has 30 heavy (non-hydrogen) atoms. The highest BCUT2D eigenvalue weighted by Crippen LogP contribution is 2.21. The highest BCUT2D eigenvalue weighted by Gasteiger charge is 2.26. The normalized spacial score (nSPS) is 14.2. The Bertz CT molecular complexity index is 1220. The number of fused-ring (bicyclic) bond motifs is 3. The zero-order chi connectivity index (χ0) is 21.5. The van der Waals surface area contributed by atoms with Crippen molar-refractivity contribution in [2.45, 2.75) is 31.2 Å². The number of benzene rings is 1. The number of aryl methyl sites for hydroxylation is 1. The number of nitrogens with zero attached hydrogens (tertiary/aromatic N) is 4. The lowest BCUT2D eigenvalue weighted by Gasteiger charge is -2.28.